The lowest BCUT2D eigenvalue weighted by molar-refractivity contribution is 0.260. The molecule has 0 aliphatic carbocycles. The molecule has 20 heavy (non-hydrogen) atoms. The Hall–Kier alpha value is -1.94. The monoisotopic (exact) mass is 292 g/mol. The average molecular weight is 293 g/mol. The molecular formula is C15H17ClN2O2. The fourth-order valence-electron chi connectivity index (χ4n) is 1.50. The van der Waals surface area contributed by atoms with Crippen molar-refractivity contribution in [1.82, 2.24) is 4.98 Å². The molecular weight excluding hydrogens is 276 g/mol. The van der Waals surface area contributed by atoms with Crippen molar-refractivity contribution in [1.29, 1.82) is 0 Å². The van der Waals surface area contributed by atoms with E-state index in [-0.39, 0.29) is 0 Å². The van der Waals surface area contributed by atoms with Gasteiger partial charge in [-0.1, -0.05) is 31.5 Å². The number of nitrogen functional groups attached to an aromatic ring is 1. The van der Waals surface area contributed by atoms with Gasteiger partial charge in [0.15, 0.2) is 0 Å². The van der Waals surface area contributed by atoms with Gasteiger partial charge in [0, 0.05) is 11.1 Å². The molecule has 0 bridgehead atoms. The van der Waals surface area contributed by atoms with Crippen molar-refractivity contribution < 1.29 is 9.47 Å². The average Bonchev–Trinajstić information content (AvgIpc) is 2.39. The van der Waals surface area contributed by atoms with E-state index in [4.69, 9.17) is 26.8 Å². The predicted octanol–water partition coefficient (Wildman–Crippen LogP) is 4.14. The summed E-state index contributed by atoms with van der Waals surface area (Å²) in [5.41, 5.74) is 6.32. The van der Waals surface area contributed by atoms with E-state index in [0.29, 0.717) is 40.7 Å². The fraction of sp³-hybridized carbons (Fsp3) is 0.267. The van der Waals surface area contributed by atoms with Gasteiger partial charge in [0.2, 0.25) is 11.8 Å². The minimum absolute atomic E-state index is 0.387. The van der Waals surface area contributed by atoms with E-state index >= 15 is 0 Å². The van der Waals surface area contributed by atoms with Crippen molar-refractivity contribution in [2.45, 2.75) is 13.8 Å². The topological polar surface area (TPSA) is 57.4 Å². The van der Waals surface area contributed by atoms with E-state index < -0.39 is 0 Å². The number of rotatable bonds is 5. The summed E-state index contributed by atoms with van der Waals surface area (Å²) in [5, 5.41) is 0.606. The summed E-state index contributed by atoms with van der Waals surface area (Å²) >= 11 is 5.91. The second-order valence-electron chi connectivity index (χ2n) is 4.81. The first kappa shape index (κ1) is 14.5. The number of nitrogens with zero attached hydrogens (tertiary/aromatic N) is 1. The first-order valence-corrected chi connectivity index (χ1v) is 6.75. The minimum atomic E-state index is 0.387. The number of pyridine rings is 1. The molecule has 0 spiro atoms. The van der Waals surface area contributed by atoms with E-state index in [1.54, 1.807) is 30.3 Å². The molecule has 2 aromatic rings. The summed E-state index contributed by atoms with van der Waals surface area (Å²) < 4.78 is 11.2. The van der Waals surface area contributed by atoms with Gasteiger partial charge in [0.25, 0.3) is 0 Å². The lowest BCUT2D eigenvalue weighted by Gasteiger charge is -2.11. The molecule has 0 aliphatic heterocycles. The summed E-state index contributed by atoms with van der Waals surface area (Å²) in [6.45, 7) is 4.67. The maximum atomic E-state index is 5.91. The van der Waals surface area contributed by atoms with Gasteiger partial charge >= 0.3 is 0 Å². The Morgan fingerprint density at radius 2 is 2.05 bits per heavy atom. The highest BCUT2D eigenvalue weighted by atomic mass is 35.5. The lowest BCUT2D eigenvalue weighted by Crippen LogP contribution is -2.07. The zero-order valence-corrected chi connectivity index (χ0v) is 12.2. The van der Waals surface area contributed by atoms with E-state index in [2.05, 4.69) is 18.8 Å². The number of ether oxygens (including phenoxy) is 2. The van der Waals surface area contributed by atoms with Crippen molar-refractivity contribution in [3.63, 3.8) is 0 Å². The minimum Gasteiger partial charge on any atom is -0.476 e. The lowest BCUT2D eigenvalue weighted by atomic mass is 10.2. The molecule has 5 heteroatoms. The van der Waals surface area contributed by atoms with E-state index in [1.165, 1.54) is 0 Å². The number of nitrogens with two attached hydrogens (primary N) is 1. The Labute approximate surface area is 123 Å². The van der Waals surface area contributed by atoms with Gasteiger partial charge in [0.1, 0.15) is 5.75 Å². The van der Waals surface area contributed by atoms with Crippen LogP contribution in [0, 0.1) is 5.92 Å². The maximum Gasteiger partial charge on any atom is 0.240 e. The Bertz CT molecular complexity index is 588. The first-order valence-electron chi connectivity index (χ1n) is 6.37. The molecule has 0 fully saturated rings. The van der Waals surface area contributed by atoms with Gasteiger partial charge in [-0.25, -0.2) is 0 Å². The van der Waals surface area contributed by atoms with Crippen LogP contribution in [-0.4, -0.2) is 11.6 Å². The molecule has 0 atom stereocenters. The van der Waals surface area contributed by atoms with Crippen molar-refractivity contribution in [3.05, 3.63) is 41.4 Å². The van der Waals surface area contributed by atoms with Gasteiger partial charge < -0.3 is 15.2 Å². The Morgan fingerprint density at radius 1 is 1.25 bits per heavy atom. The van der Waals surface area contributed by atoms with E-state index in [9.17, 15) is 0 Å². The van der Waals surface area contributed by atoms with Crippen molar-refractivity contribution in [2.24, 2.45) is 5.92 Å². The third-order valence-electron chi connectivity index (χ3n) is 2.44. The molecule has 0 unspecified atom stereocenters. The largest absolute Gasteiger partial charge is 0.476 e. The molecule has 0 aliphatic rings. The SMILES string of the molecule is CC(C)COc1nc(Oc2cccc(Cl)c2)ccc1N. The summed E-state index contributed by atoms with van der Waals surface area (Å²) in [4.78, 5) is 4.26. The maximum absolute atomic E-state index is 5.91. The Morgan fingerprint density at radius 3 is 2.75 bits per heavy atom. The van der Waals surface area contributed by atoms with Crippen LogP contribution in [0.4, 0.5) is 5.69 Å². The molecule has 0 saturated heterocycles. The molecule has 0 saturated carbocycles. The van der Waals surface area contributed by atoms with Crippen LogP contribution in [0.2, 0.25) is 5.02 Å². The van der Waals surface area contributed by atoms with Crippen molar-refractivity contribution in [3.8, 4) is 17.5 Å². The summed E-state index contributed by atoms with van der Waals surface area (Å²) in [6.07, 6.45) is 0. The summed E-state index contributed by atoms with van der Waals surface area (Å²) in [6, 6.07) is 10.5. The Kier molecular flexibility index (Phi) is 4.69. The summed E-state index contributed by atoms with van der Waals surface area (Å²) in [5.74, 6) is 1.82. The third-order valence-corrected chi connectivity index (χ3v) is 2.67. The highest BCUT2D eigenvalue weighted by molar-refractivity contribution is 6.30. The molecule has 2 rings (SSSR count). The van der Waals surface area contributed by atoms with Gasteiger partial charge in [-0.15, -0.1) is 0 Å². The zero-order chi connectivity index (χ0) is 14.5. The second-order valence-corrected chi connectivity index (χ2v) is 5.24. The molecule has 1 aromatic carbocycles. The quantitative estimate of drug-likeness (QED) is 0.899. The number of anilines is 1. The van der Waals surface area contributed by atoms with Gasteiger partial charge in [-0.05, 0) is 30.2 Å². The highest BCUT2D eigenvalue weighted by Gasteiger charge is 2.07. The van der Waals surface area contributed by atoms with E-state index in [1.807, 2.05) is 6.07 Å². The number of halogens is 1. The normalized spacial score (nSPS) is 10.6. The van der Waals surface area contributed by atoms with Gasteiger partial charge in [-0.3, -0.25) is 0 Å². The van der Waals surface area contributed by atoms with Crippen LogP contribution >= 0.6 is 11.6 Å². The fourth-order valence-corrected chi connectivity index (χ4v) is 1.68. The van der Waals surface area contributed by atoms with Crippen LogP contribution in [0.5, 0.6) is 17.5 Å². The molecule has 0 amide bonds. The number of benzene rings is 1. The first-order chi connectivity index (χ1) is 9.54. The summed E-state index contributed by atoms with van der Waals surface area (Å²) in [7, 11) is 0. The third kappa shape index (κ3) is 4.03. The highest BCUT2D eigenvalue weighted by Crippen LogP contribution is 2.27. The van der Waals surface area contributed by atoms with Gasteiger partial charge in [-0.2, -0.15) is 4.98 Å². The van der Waals surface area contributed by atoms with Crippen LogP contribution < -0.4 is 15.2 Å². The zero-order valence-electron chi connectivity index (χ0n) is 11.5. The van der Waals surface area contributed by atoms with Crippen LogP contribution in [0.25, 0.3) is 0 Å². The smallest absolute Gasteiger partial charge is 0.240 e. The molecule has 2 N–H and O–H groups in total. The number of hydrogen-bond donors (Lipinski definition) is 1. The number of aromatic nitrogens is 1. The van der Waals surface area contributed by atoms with Crippen LogP contribution in [0.3, 0.4) is 0 Å². The molecule has 1 heterocycles. The molecule has 4 nitrogen and oxygen atoms in total. The molecule has 1 aromatic heterocycles. The van der Waals surface area contributed by atoms with Crippen molar-refractivity contribution >= 4 is 17.3 Å². The van der Waals surface area contributed by atoms with Gasteiger partial charge in [0.05, 0.1) is 12.3 Å². The van der Waals surface area contributed by atoms with E-state index in [0.717, 1.165) is 0 Å². The van der Waals surface area contributed by atoms with Crippen LogP contribution in [-0.2, 0) is 0 Å². The van der Waals surface area contributed by atoms with Crippen LogP contribution in [0.15, 0.2) is 36.4 Å². The standard InChI is InChI=1S/C15H17ClN2O2/c1-10(2)9-19-15-13(17)6-7-14(18-15)20-12-5-3-4-11(16)8-12/h3-8,10H,9,17H2,1-2H3. The number of hydrogen-bond acceptors (Lipinski definition) is 4. The molecule has 106 valence electrons. The van der Waals surface area contributed by atoms with Crippen molar-refractivity contribution in [2.75, 3.05) is 12.3 Å². The second kappa shape index (κ2) is 6.48. The Balaban J connectivity index is 2.14. The predicted molar refractivity (Wildman–Crippen MR) is 80.5 cm³/mol. The molecule has 0 radical (unpaired) electrons. The van der Waals surface area contributed by atoms with Crippen LogP contribution in [0.1, 0.15) is 13.8 Å².